The SMILES string of the molecule is CC[C@H](C)N(Cc1c(C)nn(-c2ccccc2)c1Oc1cccc(C)c1)C[C@H](O)COC(C)C. The Hall–Kier alpha value is -2.67. The molecule has 2 aromatic carbocycles. The molecule has 0 aliphatic carbocycles. The Morgan fingerprint density at radius 3 is 2.41 bits per heavy atom. The Bertz CT molecular complexity index is 1030. The first-order chi connectivity index (χ1) is 16.3. The van der Waals surface area contributed by atoms with Gasteiger partial charge in [-0.1, -0.05) is 37.3 Å². The van der Waals surface area contributed by atoms with E-state index in [1.165, 1.54) is 0 Å². The zero-order chi connectivity index (χ0) is 24.7. The number of aliphatic hydroxyl groups excluding tert-OH is 1. The second kappa shape index (κ2) is 12.2. The maximum atomic E-state index is 10.7. The van der Waals surface area contributed by atoms with E-state index in [0.29, 0.717) is 25.6 Å². The van der Waals surface area contributed by atoms with Crippen LogP contribution in [0.4, 0.5) is 0 Å². The molecule has 0 bridgehead atoms. The molecule has 2 atom stereocenters. The maximum absolute atomic E-state index is 10.7. The average molecular weight is 466 g/mol. The third-order valence-corrected chi connectivity index (χ3v) is 5.98. The lowest BCUT2D eigenvalue weighted by molar-refractivity contribution is -0.0150. The molecule has 0 fully saturated rings. The maximum Gasteiger partial charge on any atom is 0.227 e. The molecule has 0 aliphatic rings. The van der Waals surface area contributed by atoms with Crippen LogP contribution >= 0.6 is 0 Å². The largest absolute Gasteiger partial charge is 0.439 e. The van der Waals surface area contributed by atoms with Gasteiger partial charge >= 0.3 is 0 Å². The van der Waals surface area contributed by atoms with Gasteiger partial charge in [0.05, 0.1) is 35.8 Å². The normalized spacial score (nSPS) is 13.4. The van der Waals surface area contributed by atoms with Crippen molar-refractivity contribution < 1.29 is 14.6 Å². The van der Waals surface area contributed by atoms with Crippen LogP contribution in [0.25, 0.3) is 5.69 Å². The fourth-order valence-corrected chi connectivity index (χ4v) is 3.85. The second-order valence-electron chi connectivity index (χ2n) is 9.26. The zero-order valence-corrected chi connectivity index (χ0v) is 21.4. The van der Waals surface area contributed by atoms with Gasteiger partial charge in [0.1, 0.15) is 5.75 Å². The minimum absolute atomic E-state index is 0.0902. The smallest absolute Gasteiger partial charge is 0.227 e. The Morgan fingerprint density at radius 1 is 1.03 bits per heavy atom. The van der Waals surface area contributed by atoms with Crippen LogP contribution in [0.15, 0.2) is 54.6 Å². The van der Waals surface area contributed by atoms with Crippen molar-refractivity contribution in [1.82, 2.24) is 14.7 Å². The molecule has 1 heterocycles. The fourth-order valence-electron chi connectivity index (χ4n) is 3.85. The highest BCUT2D eigenvalue weighted by Gasteiger charge is 2.25. The molecule has 0 saturated carbocycles. The molecule has 0 radical (unpaired) electrons. The van der Waals surface area contributed by atoms with E-state index in [4.69, 9.17) is 14.6 Å². The lowest BCUT2D eigenvalue weighted by Gasteiger charge is -2.30. The first-order valence-corrected chi connectivity index (χ1v) is 12.2. The van der Waals surface area contributed by atoms with E-state index in [0.717, 1.165) is 34.7 Å². The van der Waals surface area contributed by atoms with E-state index in [-0.39, 0.29) is 12.1 Å². The molecular weight excluding hydrogens is 426 g/mol. The summed E-state index contributed by atoms with van der Waals surface area (Å²) in [6.45, 7) is 13.8. The van der Waals surface area contributed by atoms with Gasteiger partial charge in [-0.25, -0.2) is 4.68 Å². The summed E-state index contributed by atoms with van der Waals surface area (Å²) >= 11 is 0. The van der Waals surface area contributed by atoms with Crippen LogP contribution in [-0.2, 0) is 11.3 Å². The van der Waals surface area contributed by atoms with E-state index in [1.54, 1.807) is 0 Å². The highest BCUT2D eigenvalue weighted by molar-refractivity contribution is 5.43. The van der Waals surface area contributed by atoms with E-state index >= 15 is 0 Å². The first-order valence-electron chi connectivity index (χ1n) is 12.2. The van der Waals surface area contributed by atoms with Crippen LogP contribution in [0, 0.1) is 13.8 Å². The van der Waals surface area contributed by atoms with Gasteiger partial charge in [0.15, 0.2) is 0 Å². The van der Waals surface area contributed by atoms with Crippen LogP contribution in [0.5, 0.6) is 11.6 Å². The molecule has 0 aliphatic heterocycles. The van der Waals surface area contributed by atoms with E-state index in [1.807, 2.05) is 74.0 Å². The molecule has 6 heteroatoms. The molecule has 0 amide bonds. The zero-order valence-electron chi connectivity index (χ0n) is 21.4. The number of rotatable bonds is 12. The summed E-state index contributed by atoms with van der Waals surface area (Å²) < 4.78 is 14.0. The van der Waals surface area contributed by atoms with Gasteiger partial charge in [-0.3, -0.25) is 4.90 Å². The summed E-state index contributed by atoms with van der Waals surface area (Å²) in [4.78, 5) is 2.29. The molecular formula is C28H39N3O3. The minimum atomic E-state index is -0.568. The number of nitrogens with zero attached hydrogens (tertiary/aromatic N) is 3. The number of hydrogen-bond acceptors (Lipinski definition) is 5. The van der Waals surface area contributed by atoms with Crippen molar-refractivity contribution in [3.63, 3.8) is 0 Å². The molecule has 6 nitrogen and oxygen atoms in total. The first kappa shape index (κ1) is 25.9. The highest BCUT2D eigenvalue weighted by atomic mass is 16.5. The van der Waals surface area contributed by atoms with Gasteiger partial charge in [0.25, 0.3) is 0 Å². The summed E-state index contributed by atoms with van der Waals surface area (Å²) in [6.07, 6.45) is 0.493. The summed E-state index contributed by atoms with van der Waals surface area (Å²) in [5, 5.41) is 15.5. The molecule has 184 valence electrons. The molecule has 34 heavy (non-hydrogen) atoms. The van der Waals surface area contributed by atoms with Crippen molar-refractivity contribution in [2.24, 2.45) is 0 Å². The summed E-state index contributed by atoms with van der Waals surface area (Å²) in [6, 6.07) is 18.4. The van der Waals surface area contributed by atoms with Crippen molar-refractivity contribution in [2.45, 2.75) is 72.8 Å². The van der Waals surface area contributed by atoms with E-state index in [2.05, 4.69) is 31.7 Å². The van der Waals surface area contributed by atoms with Gasteiger partial charge in [-0.05, 0) is 70.9 Å². The summed E-state index contributed by atoms with van der Waals surface area (Å²) in [5.74, 6) is 1.48. The van der Waals surface area contributed by atoms with Crippen LogP contribution in [0.3, 0.4) is 0 Å². The Morgan fingerprint density at radius 2 is 1.76 bits per heavy atom. The number of aryl methyl sites for hydroxylation is 2. The molecule has 0 spiro atoms. The topological polar surface area (TPSA) is 59.8 Å². The lowest BCUT2D eigenvalue weighted by Crippen LogP contribution is -2.40. The second-order valence-corrected chi connectivity index (χ2v) is 9.26. The van der Waals surface area contributed by atoms with Crippen molar-refractivity contribution in [3.8, 4) is 17.3 Å². The average Bonchev–Trinajstić information content (AvgIpc) is 3.12. The minimum Gasteiger partial charge on any atom is -0.439 e. The van der Waals surface area contributed by atoms with Gasteiger partial charge in [0, 0.05) is 19.1 Å². The fraction of sp³-hybridized carbons (Fsp3) is 0.464. The molecule has 1 N–H and O–H groups in total. The monoisotopic (exact) mass is 465 g/mol. The van der Waals surface area contributed by atoms with Crippen LogP contribution < -0.4 is 4.74 Å². The Balaban J connectivity index is 1.96. The van der Waals surface area contributed by atoms with E-state index < -0.39 is 6.10 Å². The predicted molar refractivity (Wildman–Crippen MR) is 137 cm³/mol. The third kappa shape index (κ3) is 6.92. The quantitative estimate of drug-likeness (QED) is 0.374. The highest BCUT2D eigenvalue weighted by Crippen LogP contribution is 2.32. The molecule has 1 aromatic heterocycles. The molecule has 3 rings (SSSR count). The van der Waals surface area contributed by atoms with Crippen LogP contribution in [0.2, 0.25) is 0 Å². The number of aliphatic hydroxyl groups is 1. The number of ether oxygens (including phenoxy) is 2. The van der Waals surface area contributed by atoms with Crippen LogP contribution in [0.1, 0.15) is 50.9 Å². The van der Waals surface area contributed by atoms with Crippen molar-refractivity contribution >= 4 is 0 Å². The van der Waals surface area contributed by atoms with Gasteiger partial charge in [-0.2, -0.15) is 5.10 Å². The van der Waals surface area contributed by atoms with Crippen molar-refractivity contribution in [1.29, 1.82) is 0 Å². The summed E-state index contributed by atoms with van der Waals surface area (Å²) in [7, 11) is 0. The Kier molecular flexibility index (Phi) is 9.28. The van der Waals surface area contributed by atoms with Gasteiger partial charge in [0.2, 0.25) is 5.88 Å². The van der Waals surface area contributed by atoms with Crippen LogP contribution in [-0.4, -0.2) is 51.2 Å². The number of benzene rings is 2. The van der Waals surface area contributed by atoms with E-state index in [9.17, 15) is 5.11 Å². The molecule has 0 saturated heterocycles. The third-order valence-electron chi connectivity index (χ3n) is 5.98. The molecule has 0 unspecified atom stereocenters. The number of hydrogen-bond donors (Lipinski definition) is 1. The van der Waals surface area contributed by atoms with Crippen molar-refractivity contribution in [3.05, 3.63) is 71.4 Å². The number of aromatic nitrogens is 2. The predicted octanol–water partition coefficient (Wildman–Crippen LogP) is 5.67. The lowest BCUT2D eigenvalue weighted by atomic mass is 10.1. The van der Waals surface area contributed by atoms with Gasteiger partial charge in [-0.15, -0.1) is 0 Å². The molecule has 3 aromatic rings. The van der Waals surface area contributed by atoms with Crippen molar-refractivity contribution in [2.75, 3.05) is 13.2 Å². The summed E-state index contributed by atoms with van der Waals surface area (Å²) in [5.41, 5.74) is 4.01. The number of para-hydroxylation sites is 1. The standard InChI is InChI=1S/C28H39N3O3/c1-7-22(5)30(17-25(32)19-33-20(2)3)18-27-23(6)29-31(24-13-9-8-10-14-24)28(27)34-26-15-11-12-21(4)16-26/h8-16,20,22,25,32H,7,17-19H2,1-6H3/t22-,25-/m0/s1. The van der Waals surface area contributed by atoms with Gasteiger partial charge < -0.3 is 14.6 Å². The Labute approximate surface area is 204 Å².